The zero-order chi connectivity index (χ0) is 23.2. The van der Waals surface area contributed by atoms with Crippen LogP contribution < -0.4 is 9.47 Å². The average molecular weight is 481 g/mol. The van der Waals surface area contributed by atoms with Gasteiger partial charge in [-0.05, 0) is 80.9 Å². The fraction of sp³-hybridized carbons (Fsp3) is 0.308. The number of ketones is 1. The van der Waals surface area contributed by atoms with E-state index in [4.69, 9.17) is 9.47 Å². The Morgan fingerprint density at radius 3 is 2.56 bits per heavy atom. The van der Waals surface area contributed by atoms with Gasteiger partial charge in [0.1, 0.15) is 16.8 Å². The summed E-state index contributed by atoms with van der Waals surface area (Å²) in [6.07, 6.45) is 3.80. The molecule has 178 valence electrons. The third kappa shape index (κ3) is 4.36. The SMILES string of the molecule is Cc1cc(CC(=O)C2(c3ccc4c(c3)OCO4)CC2)ncc1-c1cccc(S(=O)N(C)C)c1.O. The molecule has 34 heavy (non-hydrogen) atoms. The summed E-state index contributed by atoms with van der Waals surface area (Å²) in [5.74, 6) is 1.63. The number of pyridine rings is 1. The van der Waals surface area contributed by atoms with E-state index in [0.717, 1.165) is 51.4 Å². The highest BCUT2D eigenvalue weighted by molar-refractivity contribution is 7.82. The van der Waals surface area contributed by atoms with Crippen LogP contribution in [0.5, 0.6) is 11.5 Å². The van der Waals surface area contributed by atoms with E-state index >= 15 is 0 Å². The molecule has 5 rings (SSSR count). The molecule has 2 aromatic carbocycles. The second-order valence-corrected chi connectivity index (χ2v) is 10.5. The molecule has 0 radical (unpaired) electrons. The number of rotatable bonds is 7. The van der Waals surface area contributed by atoms with Crippen molar-refractivity contribution in [2.75, 3.05) is 20.9 Å². The minimum Gasteiger partial charge on any atom is -0.454 e. The summed E-state index contributed by atoms with van der Waals surface area (Å²) in [6.45, 7) is 2.24. The Balaban J connectivity index is 0.00000274. The van der Waals surface area contributed by atoms with Gasteiger partial charge < -0.3 is 14.9 Å². The maximum atomic E-state index is 13.3. The summed E-state index contributed by atoms with van der Waals surface area (Å²) in [6, 6.07) is 15.5. The molecule has 0 bridgehead atoms. The molecule has 2 heterocycles. The van der Waals surface area contributed by atoms with Crippen LogP contribution in [0.1, 0.15) is 29.7 Å². The molecular formula is C26H28N2O5S. The van der Waals surface area contributed by atoms with Crippen molar-refractivity contribution in [1.82, 2.24) is 9.29 Å². The fourth-order valence-corrected chi connectivity index (χ4v) is 5.22. The minimum absolute atomic E-state index is 0. The van der Waals surface area contributed by atoms with Crippen molar-refractivity contribution in [3.8, 4) is 22.6 Å². The van der Waals surface area contributed by atoms with Crippen LogP contribution >= 0.6 is 0 Å². The Kier molecular flexibility index (Phi) is 6.58. The lowest BCUT2D eigenvalue weighted by Crippen LogP contribution is -2.23. The van der Waals surface area contributed by atoms with Crippen LogP contribution in [0, 0.1) is 6.92 Å². The molecule has 2 aliphatic rings. The highest BCUT2D eigenvalue weighted by Crippen LogP contribution is 2.51. The molecule has 1 fully saturated rings. The normalized spacial score (nSPS) is 16.1. The van der Waals surface area contributed by atoms with Crippen LogP contribution in [-0.2, 0) is 27.6 Å². The molecule has 8 heteroatoms. The Hall–Kier alpha value is -3.07. The number of carbonyl (C=O) groups excluding carboxylic acids is 1. The van der Waals surface area contributed by atoms with Gasteiger partial charge in [0.25, 0.3) is 0 Å². The molecule has 1 aromatic heterocycles. The van der Waals surface area contributed by atoms with Crippen LogP contribution in [0.15, 0.2) is 59.6 Å². The first kappa shape index (κ1) is 24.1. The van der Waals surface area contributed by atoms with E-state index in [1.54, 1.807) is 18.4 Å². The first-order chi connectivity index (χ1) is 15.9. The molecule has 1 aliphatic carbocycles. The van der Waals surface area contributed by atoms with Gasteiger partial charge in [-0.15, -0.1) is 0 Å². The number of carbonyl (C=O) groups is 1. The molecule has 0 spiro atoms. The van der Waals surface area contributed by atoms with Gasteiger partial charge in [0.2, 0.25) is 6.79 Å². The number of fused-ring (bicyclic) bond motifs is 1. The molecule has 1 aliphatic heterocycles. The molecule has 7 nitrogen and oxygen atoms in total. The van der Waals surface area contributed by atoms with Gasteiger partial charge in [0, 0.05) is 23.9 Å². The third-order valence-electron chi connectivity index (χ3n) is 6.40. The van der Waals surface area contributed by atoms with Crippen molar-refractivity contribution in [3.63, 3.8) is 0 Å². The number of aryl methyl sites for hydroxylation is 1. The largest absolute Gasteiger partial charge is 0.454 e. The highest BCUT2D eigenvalue weighted by Gasteiger charge is 2.51. The Bertz CT molecular complexity index is 1270. The summed E-state index contributed by atoms with van der Waals surface area (Å²) in [5, 5.41) is 0. The van der Waals surface area contributed by atoms with Gasteiger partial charge >= 0.3 is 0 Å². The Morgan fingerprint density at radius 2 is 1.85 bits per heavy atom. The van der Waals surface area contributed by atoms with E-state index < -0.39 is 16.4 Å². The van der Waals surface area contributed by atoms with Gasteiger partial charge in [-0.1, -0.05) is 18.2 Å². The first-order valence-corrected chi connectivity index (χ1v) is 12.1. The lowest BCUT2D eigenvalue weighted by Gasteiger charge is -2.16. The van der Waals surface area contributed by atoms with Crippen molar-refractivity contribution >= 4 is 16.8 Å². The van der Waals surface area contributed by atoms with Crippen LogP contribution in [0.25, 0.3) is 11.1 Å². The fourth-order valence-electron chi connectivity index (χ4n) is 4.38. The number of hydrogen-bond donors (Lipinski definition) is 0. The van der Waals surface area contributed by atoms with Gasteiger partial charge in [-0.25, -0.2) is 8.51 Å². The molecular weight excluding hydrogens is 452 g/mol. The summed E-state index contributed by atoms with van der Waals surface area (Å²) < 4.78 is 25.0. The van der Waals surface area contributed by atoms with Crippen LogP contribution in [0.2, 0.25) is 0 Å². The molecule has 1 unspecified atom stereocenters. The van der Waals surface area contributed by atoms with Crippen molar-refractivity contribution < 1.29 is 24.0 Å². The van der Waals surface area contributed by atoms with E-state index in [0.29, 0.717) is 12.2 Å². The van der Waals surface area contributed by atoms with Gasteiger partial charge in [0.05, 0.1) is 10.3 Å². The van der Waals surface area contributed by atoms with E-state index in [9.17, 15) is 9.00 Å². The number of hydrogen-bond acceptors (Lipinski definition) is 5. The van der Waals surface area contributed by atoms with Crippen LogP contribution in [0.3, 0.4) is 0 Å². The molecule has 0 saturated heterocycles. The molecule has 1 saturated carbocycles. The van der Waals surface area contributed by atoms with E-state index in [1.165, 1.54) is 0 Å². The van der Waals surface area contributed by atoms with Crippen molar-refractivity contribution in [2.24, 2.45) is 0 Å². The Labute approximate surface area is 201 Å². The van der Waals surface area contributed by atoms with Crippen LogP contribution in [-0.4, -0.2) is 45.6 Å². The number of benzene rings is 2. The quantitative estimate of drug-likeness (QED) is 0.516. The topological polar surface area (TPSA) is 100 Å². The minimum atomic E-state index is -1.21. The molecule has 3 aromatic rings. The number of nitrogens with zero attached hydrogens (tertiary/aromatic N) is 2. The van der Waals surface area contributed by atoms with Crippen molar-refractivity contribution in [1.29, 1.82) is 0 Å². The zero-order valence-electron chi connectivity index (χ0n) is 19.5. The van der Waals surface area contributed by atoms with Gasteiger partial charge in [0.15, 0.2) is 11.5 Å². The zero-order valence-corrected chi connectivity index (χ0v) is 20.3. The van der Waals surface area contributed by atoms with E-state index in [2.05, 4.69) is 4.98 Å². The molecule has 0 amide bonds. The van der Waals surface area contributed by atoms with E-state index in [1.807, 2.05) is 61.7 Å². The predicted octanol–water partition coefficient (Wildman–Crippen LogP) is 3.39. The average Bonchev–Trinajstić information content (AvgIpc) is 3.49. The van der Waals surface area contributed by atoms with Crippen molar-refractivity contribution in [3.05, 3.63) is 71.5 Å². The second kappa shape index (κ2) is 9.29. The standard InChI is InChI=1S/C26H26N2O4S.H2O/c1-17-11-20(27-15-22(17)18-5-4-6-21(12-18)33(30)28(2)3)14-25(29)26(9-10-26)19-7-8-23-24(13-19)32-16-31-23;/h4-8,11-13,15H,9-10,14,16H2,1-3H3;1H2. The lowest BCUT2D eigenvalue weighted by atomic mass is 9.88. The monoisotopic (exact) mass is 480 g/mol. The summed E-state index contributed by atoms with van der Waals surface area (Å²) in [5.41, 5.74) is 4.29. The smallest absolute Gasteiger partial charge is 0.231 e. The molecule has 1 atom stereocenters. The maximum absolute atomic E-state index is 13.3. The predicted molar refractivity (Wildman–Crippen MR) is 130 cm³/mol. The van der Waals surface area contributed by atoms with Crippen molar-refractivity contribution in [2.45, 2.75) is 36.5 Å². The summed E-state index contributed by atoms with van der Waals surface area (Å²) in [4.78, 5) is 18.6. The van der Waals surface area contributed by atoms with E-state index in [-0.39, 0.29) is 18.1 Å². The maximum Gasteiger partial charge on any atom is 0.231 e. The van der Waals surface area contributed by atoms with Crippen LogP contribution in [0.4, 0.5) is 0 Å². The highest BCUT2D eigenvalue weighted by atomic mass is 32.2. The summed E-state index contributed by atoms with van der Waals surface area (Å²) in [7, 11) is 2.37. The second-order valence-electron chi connectivity index (χ2n) is 8.83. The number of Topliss-reactive ketones (excluding diaryl/α,β-unsaturated/α-hetero) is 1. The third-order valence-corrected chi connectivity index (χ3v) is 7.72. The summed E-state index contributed by atoms with van der Waals surface area (Å²) >= 11 is 0. The molecule has 2 N–H and O–H groups in total. The Morgan fingerprint density at radius 1 is 1.09 bits per heavy atom. The van der Waals surface area contributed by atoms with Gasteiger partial charge in [-0.3, -0.25) is 9.78 Å². The lowest BCUT2D eigenvalue weighted by molar-refractivity contribution is -0.120. The number of ether oxygens (including phenoxy) is 2. The number of aromatic nitrogens is 1. The van der Waals surface area contributed by atoms with Gasteiger partial charge in [-0.2, -0.15) is 0 Å². The first-order valence-electron chi connectivity index (χ1n) is 11.0.